The lowest BCUT2D eigenvalue weighted by molar-refractivity contribution is -0.204. The van der Waals surface area contributed by atoms with E-state index in [2.05, 4.69) is 0 Å². The van der Waals surface area contributed by atoms with E-state index in [-0.39, 0.29) is 17.2 Å². The maximum Gasteiger partial charge on any atom is 0.440 e. The van der Waals surface area contributed by atoms with Gasteiger partial charge in [-0.05, 0) is 5.92 Å². The Kier molecular flexibility index (Phi) is 3.78. The fourth-order valence-electron chi connectivity index (χ4n) is 1.62. The van der Waals surface area contributed by atoms with Crippen molar-refractivity contribution >= 4 is 17.8 Å². The van der Waals surface area contributed by atoms with Crippen LogP contribution in [0.3, 0.4) is 0 Å². The SMILES string of the molecule is CC(C)CC(=O)NC1(C(F)(F)F)NC(=O)N(C)C1=O. The van der Waals surface area contributed by atoms with Gasteiger partial charge < -0.3 is 5.32 Å². The largest absolute Gasteiger partial charge is 0.440 e. The first-order valence-electron chi connectivity index (χ1n) is 5.49. The molecule has 1 saturated heterocycles. The molecule has 1 aliphatic heterocycles. The summed E-state index contributed by atoms with van der Waals surface area (Å²) in [5.74, 6) is -2.70. The van der Waals surface area contributed by atoms with Gasteiger partial charge in [0.25, 0.3) is 11.6 Å². The van der Waals surface area contributed by atoms with Crippen molar-refractivity contribution < 1.29 is 27.6 Å². The van der Waals surface area contributed by atoms with E-state index in [1.165, 1.54) is 5.32 Å². The van der Waals surface area contributed by atoms with E-state index in [0.717, 1.165) is 7.05 Å². The van der Waals surface area contributed by atoms with Crippen LogP contribution in [0.1, 0.15) is 20.3 Å². The van der Waals surface area contributed by atoms with Gasteiger partial charge >= 0.3 is 12.2 Å². The number of nitrogens with zero attached hydrogens (tertiary/aromatic N) is 1. The summed E-state index contributed by atoms with van der Waals surface area (Å²) in [5.41, 5.74) is -3.37. The van der Waals surface area contributed by atoms with Crippen LogP contribution in [0.2, 0.25) is 0 Å². The number of halogens is 3. The average molecular weight is 281 g/mol. The Bertz CT molecular complexity index is 422. The van der Waals surface area contributed by atoms with Crippen LogP contribution in [-0.4, -0.2) is 41.6 Å². The Balaban J connectivity index is 3.07. The third kappa shape index (κ3) is 2.64. The molecule has 4 amide bonds. The third-order valence-electron chi connectivity index (χ3n) is 2.57. The molecule has 1 heterocycles. The highest BCUT2D eigenvalue weighted by molar-refractivity contribution is 6.08. The van der Waals surface area contributed by atoms with Crippen molar-refractivity contribution in [3.05, 3.63) is 0 Å². The zero-order chi connectivity index (χ0) is 15.0. The second kappa shape index (κ2) is 4.71. The number of urea groups is 1. The second-order valence-electron chi connectivity index (χ2n) is 4.69. The van der Waals surface area contributed by atoms with E-state index in [4.69, 9.17) is 0 Å². The first-order valence-corrected chi connectivity index (χ1v) is 5.49. The van der Waals surface area contributed by atoms with Gasteiger partial charge in [-0.3, -0.25) is 19.8 Å². The number of carbonyl (C=O) groups is 3. The smallest absolute Gasteiger partial charge is 0.318 e. The normalized spacial score (nSPS) is 23.8. The van der Waals surface area contributed by atoms with Gasteiger partial charge in [0.1, 0.15) is 0 Å². The molecular formula is C10H14F3N3O3. The van der Waals surface area contributed by atoms with Gasteiger partial charge in [-0.15, -0.1) is 0 Å². The molecular weight excluding hydrogens is 267 g/mol. The molecule has 1 rings (SSSR count). The average Bonchev–Trinajstić information content (AvgIpc) is 2.42. The molecule has 0 saturated carbocycles. The van der Waals surface area contributed by atoms with Crippen LogP contribution < -0.4 is 10.6 Å². The quantitative estimate of drug-likeness (QED) is 0.743. The molecule has 1 unspecified atom stereocenters. The van der Waals surface area contributed by atoms with Crippen LogP contribution in [0.25, 0.3) is 0 Å². The number of amides is 4. The Labute approximate surface area is 107 Å². The number of alkyl halides is 3. The first-order chi connectivity index (χ1) is 8.51. The molecule has 0 aromatic rings. The molecule has 1 aliphatic rings. The number of hydrogen-bond donors (Lipinski definition) is 2. The minimum atomic E-state index is -5.13. The topological polar surface area (TPSA) is 78.5 Å². The third-order valence-corrected chi connectivity index (χ3v) is 2.57. The molecule has 9 heteroatoms. The Morgan fingerprint density at radius 2 is 1.95 bits per heavy atom. The number of hydrogen-bond acceptors (Lipinski definition) is 3. The number of nitrogens with one attached hydrogen (secondary N) is 2. The van der Waals surface area contributed by atoms with E-state index in [1.54, 1.807) is 19.2 Å². The monoisotopic (exact) mass is 281 g/mol. The lowest BCUT2D eigenvalue weighted by Crippen LogP contribution is -2.69. The number of carbonyl (C=O) groups excluding carboxylic acids is 3. The lowest BCUT2D eigenvalue weighted by atomic mass is 10.1. The standard InChI is InChI=1S/C10H14F3N3O3/c1-5(2)4-6(17)14-9(10(11,12)13)7(18)16(3)8(19)15-9/h5H,4H2,1-3H3,(H,14,17)(H,15,19). The molecule has 0 aromatic heterocycles. The molecule has 1 fully saturated rings. The van der Waals surface area contributed by atoms with Crippen LogP contribution in [0.15, 0.2) is 0 Å². The van der Waals surface area contributed by atoms with Gasteiger partial charge in [-0.2, -0.15) is 13.2 Å². The zero-order valence-corrected chi connectivity index (χ0v) is 10.6. The molecule has 6 nitrogen and oxygen atoms in total. The summed E-state index contributed by atoms with van der Waals surface area (Å²) in [5, 5.41) is 3.08. The fourth-order valence-corrected chi connectivity index (χ4v) is 1.62. The molecule has 108 valence electrons. The molecule has 0 aliphatic carbocycles. The predicted molar refractivity (Wildman–Crippen MR) is 57.7 cm³/mol. The van der Waals surface area contributed by atoms with Crippen molar-refractivity contribution in [2.45, 2.75) is 32.1 Å². The highest BCUT2D eigenvalue weighted by Crippen LogP contribution is 2.33. The minimum Gasteiger partial charge on any atom is -0.318 e. The van der Waals surface area contributed by atoms with Crippen molar-refractivity contribution in [1.82, 2.24) is 15.5 Å². The van der Waals surface area contributed by atoms with Crippen LogP contribution in [0.5, 0.6) is 0 Å². The van der Waals surface area contributed by atoms with Crippen LogP contribution in [-0.2, 0) is 9.59 Å². The van der Waals surface area contributed by atoms with E-state index < -0.39 is 29.7 Å². The van der Waals surface area contributed by atoms with Gasteiger partial charge in [0.2, 0.25) is 5.91 Å². The maximum atomic E-state index is 13.0. The molecule has 0 aromatic carbocycles. The van der Waals surface area contributed by atoms with Crippen molar-refractivity contribution in [2.24, 2.45) is 5.92 Å². The summed E-state index contributed by atoms with van der Waals surface area (Å²) >= 11 is 0. The summed E-state index contributed by atoms with van der Waals surface area (Å²) in [6.07, 6.45) is -5.32. The van der Waals surface area contributed by atoms with E-state index in [9.17, 15) is 27.6 Å². The van der Waals surface area contributed by atoms with E-state index in [0.29, 0.717) is 0 Å². The molecule has 0 radical (unpaired) electrons. The number of likely N-dealkylation sites (N-methyl/N-ethyl adjacent to an activating group) is 1. The molecule has 1 atom stereocenters. The van der Waals surface area contributed by atoms with Gasteiger partial charge in [0.05, 0.1) is 0 Å². The summed E-state index contributed by atoms with van der Waals surface area (Å²) in [6, 6.07) is -1.22. The zero-order valence-electron chi connectivity index (χ0n) is 10.6. The van der Waals surface area contributed by atoms with Crippen molar-refractivity contribution in [2.75, 3.05) is 7.05 Å². The number of rotatable bonds is 3. The first kappa shape index (κ1) is 15.3. The molecule has 0 bridgehead atoms. The van der Waals surface area contributed by atoms with Crippen molar-refractivity contribution in [3.63, 3.8) is 0 Å². The Morgan fingerprint density at radius 1 is 1.42 bits per heavy atom. The minimum absolute atomic E-state index is 0.185. The molecule has 19 heavy (non-hydrogen) atoms. The molecule has 0 spiro atoms. The fraction of sp³-hybridized carbons (Fsp3) is 0.700. The Morgan fingerprint density at radius 3 is 2.26 bits per heavy atom. The van der Waals surface area contributed by atoms with E-state index in [1.807, 2.05) is 0 Å². The van der Waals surface area contributed by atoms with Gasteiger partial charge in [0, 0.05) is 13.5 Å². The van der Waals surface area contributed by atoms with Gasteiger partial charge in [0.15, 0.2) is 0 Å². The summed E-state index contributed by atoms with van der Waals surface area (Å²) in [6.45, 7) is 3.28. The van der Waals surface area contributed by atoms with Gasteiger partial charge in [-0.1, -0.05) is 13.8 Å². The van der Waals surface area contributed by atoms with Gasteiger partial charge in [-0.25, -0.2) is 4.79 Å². The predicted octanol–water partition coefficient (Wildman–Crippen LogP) is 0.589. The lowest BCUT2D eigenvalue weighted by Gasteiger charge is -2.29. The van der Waals surface area contributed by atoms with E-state index >= 15 is 0 Å². The van der Waals surface area contributed by atoms with Crippen LogP contribution in [0, 0.1) is 5.92 Å². The Hall–Kier alpha value is -1.80. The molecule has 2 N–H and O–H groups in total. The second-order valence-corrected chi connectivity index (χ2v) is 4.69. The van der Waals surface area contributed by atoms with Crippen LogP contribution >= 0.6 is 0 Å². The maximum absolute atomic E-state index is 13.0. The van der Waals surface area contributed by atoms with Crippen LogP contribution in [0.4, 0.5) is 18.0 Å². The highest BCUT2D eigenvalue weighted by Gasteiger charge is 2.68. The summed E-state index contributed by atoms with van der Waals surface area (Å²) in [7, 11) is 0.903. The van der Waals surface area contributed by atoms with Crippen molar-refractivity contribution in [1.29, 1.82) is 0 Å². The highest BCUT2D eigenvalue weighted by atomic mass is 19.4. The summed E-state index contributed by atoms with van der Waals surface area (Å²) < 4.78 is 39.1. The number of imide groups is 1. The summed E-state index contributed by atoms with van der Waals surface area (Å²) in [4.78, 5) is 34.6. The van der Waals surface area contributed by atoms with Crippen molar-refractivity contribution in [3.8, 4) is 0 Å².